The molecule has 5 rings (SSSR count). The number of hydrogen-bond acceptors (Lipinski definition) is 5. The number of para-hydroxylation sites is 1. The lowest BCUT2D eigenvalue weighted by Crippen LogP contribution is -2.34. The van der Waals surface area contributed by atoms with Crippen molar-refractivity contribution in [3.8, 4) is 0 Å². The zero-order valence-corrected chi connectivity index (χ0v) is 16.2. The van der Waals surface area contributed by atoms with Gasteiger partial charge < -0.3 is 4.90 Å². The maximum absolute atomic E-state index is 13.5. The van der Waals surface area contributed by atoms with Gasteiger partial charge in [-0.05, 0) is 44.7 Å². The van der Waals surface area contributed by atoms with Gasteiger partial charge in [0.15, 0.2) is 0 Å². The number of anilines is 1. The van der Waals surface area contributed by atoms with Crippen LogP contribution in [0.5, 0.6) is 0 Å². The fraction of sp³-hybridized carbons (Fsp3) is 0.455. The SMILES string of the molecule is Cc1cc(N2CCCC2c2nc3ccccc3c(=O)n2C2CCCC2)ncn1. The van der Waals surface area contributed by atoms with E-state index < -0.39 is 0 Å². The molecular formula is C22H25N5O. The molecule has 1 unspecified atom stereocenters. The number of rotatable bonds is 3. The van der Waals surface area contributed by atoms with E-state index in [2.05, 4.69) is 14.9 Å². The van der Waals surface area contributed by atoms with Crippen LogP contribution < -0.4 is 10.5 Å². The van der Waals surface area contributed by atoms with Crippen LogP contribution in [-0.2, 0) is 0 Å². The van der Waals surface area contributed by atoms with Crippen LogP contribution in [0.15, 0.2) is 41.5 Å². The molecule has 2 aliphatic rings. The highest BCUT2D eigenvalue weighted by Gasteiger charge is 2.33. The molecule has 144 valence electrons. The Labute approximate surface area is 164 Å². The first-order valence-corrected chi connectivity index (χ1v) is 10.3. The second-order valence-electron chi connectivity index (χ2n) is 7.97. The summed E-state index contributed by atoms with van der Waals surface area (Å²) in [5, 5.41) is 0.723. The van der Waals surface area contributed by atoms with Crippen LogP contribution >= 0.6 is 0 Å². The maximum Gasteiger partial charge on any atom is 0.261 e. The van der Waals surface area contributed by atoms with Crippen LogP contribution in [0.2, 0.25) is 0 Å². The topological polar surface area (TPSA) is 63.9 Å². The summed E-state index contributed by atoms with van der Waals surface area (Å²) in [7, 11) is 0. The molecule has 1 saturated heterocycles. The van der Waals surface area contributed by atoms with Gasteiger partial charge in [-0.25, -0.2) is 15.0 Å². The van der Waals surface area contributed by atoms with Crippen LogP contribution in [0.3, 0.4) is 0 Å². The average Bonchev–Trinajstić information content (AvgIpc) is 3.40. The molecule has 1 aliphatic heterocycles. The van der Waals surface area contributed by atoms with Crippen LogP contribution in [0.4, 0.5) is 5.82 Å². The third-order valence-electron chi connectivity index (χ3n) is 6.16. The van der Waals surface area contributed by atoms with Gasteiger partial charge in [0.05, 0.1) is 16.9 Å². The molecule has 0 amide bonds. The van der Waals surface area contributed by atoms with Crippen molar-refractivity contribution in [3.63, 3.8) is 0 Å². The fourth-order valence-electron chi connectivity index (χ4n) is 4.82. The highest BCUT2D eigenvalue weighted by atomic mass is 16.1. The molecule has 0 spiro atoms. The van der Waals surface area contributed by atoms with Crippen LogP contribution in [0, 0.1) is 6.92 Å². The Morgan fingerprint density at radius 3 is 2.68 bits per heavy atom. The molecule has 0 radical (unpaired) electrons. The lowest BCUT2D eigenvalue weighted by molar-refractivity contribution is 0.454. The van der Waals surface area contributed by atoms with Gasteiger partial charge in [0.1, 0.15) is 18.0 Å². The van der Waals surface area contributed by atoms with Gasteiger partial charge in [-0.2, -0.15) is 0 Å². The smallest absolute Gasteiger partial charge is 0.261 e. The summed E-state index contributed by atoms with van der Waals surface area (Å²) in [4.78, 5) is 29.6. The molecule has 6 nitrogen and oxygen atoms in total. The van der Waals surface area contributed by atoms with E-state index in [1.807, 2.05) is 41.8 Å². The van der Waals surface area contributed by atoms with E-state index in [-0.39, 0.29) is 17.6 Å². The van der Waals surface area contributed by atoms with Gasteiger partial charge in [0.25, 0.3) is 5.56 Å². The van der Waals surface area contributed by atoms with Crippen molar-refractivity contribution in [2.24, 2.45) is 0 Å². The number of fused-ring (bicyclic) bond motifs is 1. The predicted molar refractivity (Wildman–Crippen MR) is 110 cm³/mol. The van der Waals surface area contributed by atoms with E-state index in [0.29, 0.717) is 0 Å². The highest BCUT2D eigenvalue weighted by Crippen LogP contribution is 2.37. The third kappa shape index (κ3) is 2.87. The van der Waals surface area contributed by atoms with Crippen molar-refractivity contribution >= 4 is 16.7 Å². The van der Waals surface area contributed by atoms with Gasteiger partial charge in [-0.3, -0.25) is 9.36 Å². The summed E-state index contributed by atoms with van der Waals surface area (Å²) in [6, 6.07) is 10.1. The van der Waals surface area contributed by atoms with Crippen molar-refractivity contribution in [1.29, 1.82) is 0 Å². The molecule has 2 fully saturated rings. The number of nitrogens with zero attached hydrogens (tertiary/aromatic N) is 5. The minimum absolute atomic E-state index is 0.0761. The summed E-state index contributed by atoms with van der Waals surface area (Å²) in [5.74, 6) is 1.83. The van der Waals surface area contributed by atoms with E-state index >= 15 is 0 Å². The van der Waals surface area contributed by atoms with Crippen molar-refractivity contribution in [2.75, 3.05) is 11.4 Å². The van der Waals surface area contributed by atoms with Crippen molar-refractivity contribution in [3.05, 3.63) is 58.5 Å². The number of aromatic nitrogens is 4. The molecule has 2 aromatic heterocycles. The van der Waals surface area contributed by atoms with Crippen LogP contribution in [-0.4, -0.2) is 26.1 Å². The Morgan fingerprint density at radius 2 is 1.86 bits per heavy atom. The molecule has 28 heavy (non-hydrogen) atoms. The highest BCUT2D eigenvalue weighted by molar-refractivity contribution is 5.77. The zero-order valence-electron chi connectivity index (χ0n) is 16.2. The van der Waals surface area contributed by atoms with Gasteiger partial charge in [-0.1, -0.05) is 25.0 Å². The summed E-state index contributed by atoms with van der Waals surface area (Å²) < 4.78 is 2.02. The maximum atomic E-state index is 13.5. The minimum Gasteiger partial charge on any atom is -0.346 e. The van der Waals surface area contributed by atoms with Gasteiger partial charge in [0.2, 0.25) is 0 Å². The van der Waals surface area contributed by atoms with Gasteiger partial charge >= 0.3 is 0 Å². The molecule has 1 aromatic carbocycles. The van der Waals surface area contributed by atoms with Crippen molar-refractivity contribution in [2.45, 2.75) is 57.5 Å². The van der Waals surface area contributed by atoms with Crippen molar-refractivity contribution < 1.29 is 0 Å². The molecular weight excluding hydrogens is 350 g/mol. The second kappa shape index (κ2) is 7.00. The van der Waals surface area contributed by atoms with E-state index in [1.54, 1.807) is 6.33 Å². The first-order valence-electron chi connectivity index (χ1n) is 10.3. The molecule has 1 atom stereocenters. The molecule has 0 N–H and O–H groups in total. The molecule has 3 heterocycles. The van der Waals surface area contributed by atoms with Crippen LogP contribution in [0.25, 0.3) is 10.9 Å². The van der Waals surface area contributed by atoms with Crippen LogP contribution in [0.1, 0.15) is 62.1 Å². The largest absolute Gasteiger partial charge is 0.346 e. The Morgan fingerprint density at radius 1 is 1.04 bits per heavy atom. The Balaban J connectivity index is 1.68. The van der Waals surface area contributed by atoms with Gasteiger partial charge in [0, 0.05) is 24.3 Å². The Hall–Kier alpha value is -2.76. The molecule has 6 heteroatoms. The lowest BCUT2D eigenvalue weighted by atomic mass is 10.1. The van der Waals surface area contributed by atoms with E-state index in [1.165, 1.54) is 12.8 Å². The van der Waals surface area contributed by atoms with Crippen molar-refractivity contribution in [1.82, 2.24) is 19.5 Å². The Bertz CT molecular complexity index is 1070. The molecule has 1 saturated carbocycles. The number of aryl methyl sites for hydroxylation is 1. The monoisotopic (exact) mass is 375 g/mol. The fourth-order valence-corrected chi connectivity index (χ4v) is 4.82. The van der Waals surface area contributed by atoms with E-state index in [4.69, 9.17) is 4.98 Å². The second-order valence-corrected chi connectivity index (χ2v) is 7.97. The molecule has 3 aromatic rings. The third-order valence-corrected chi connectivity index (χ3v) is 6.16. The number of hydrogen-bond donors (Lipinski definition) is 0. The lowest BCUT2D eigenvalue weighted by Gasteiger charge is -2.29. The molecule has 1 aliphatic carbocycles. The summed E-state index contributed by atoms with van der Waals surface area (Å²) >= 11 is 0. The Kier molecular flexibility index (Phi) is 4.34. The summed E-state index contributed by atoms with van der Waals surface area (Å²) in [5.41, 5.74) is 1.86. The predicted octanol–water partition coefficient (Wildman–Crippen LogP) is 3.95. The average molecular weight is 375 g/mol. The number of benzene rings is 1. The van der Waals surface area contributed by atoms with Gasteiger partial charge in [-0.15, -0.1) is 0 Å². The normalized spacial score (nSPS) is 20.3. The minimum atomic E-state index is 0.0761. The summed E-state index contributed by atoms with van der Waals surface area (Å²) in [6.07, 6.45) is 8.17. The van der Waals surface area contributed by atoms with E-state index in [9.17, 15) is 4.79 Å². The zero-order chi connectivity index (χ0) is 19.1. The summed E-state index contributed by atoms with van der Waals surface area (Å²) in [6.45, 7) is 2.91. The standard InChI is InChI=1S/C22H25N5O/c1-15-13-20(24-14-23-15)26-12-6-11-19(26)21-25-18-10-5-4-9-17(18)22(28)27(21)16-7-2-3-8-16/h4-5,9-10,13-14,16,19H,2-3,6-8,11-12H2,1H3. The first-order chi connectivity index (χ1) is 13.7. The molecule has 0 bridgehead atoms. The quantitative estimate of drug-likeness (QED) is 0.693. The van der Waals surface area contributed by atoms with E-state index in [0.717, 1.165) is 60.5 Å². The first kappa shape index (κ1) is 17.3.